The van der Waals surface area contributed by atoms with E-state index in [9.17, 15) is 14.9 Å². The third kappa shape index (κ3) is 6.42. The first-order valence-corrected chi connectivity index (χ1v) is 15.0. The lowest BCUT2D eigenvalue weighted by atomic mass is 10.1. The van der Waals surface area contributed by atoms with E-state index in [1.165, 1.54) is 30.2 Å². The number of nitro groups is 1. The zero-order valence-electron chi connectivity index (χ0n) is 23.9. The maximum absolute atomic E-state index is 13.2. The maximum atomic E-state index is 13.2. The largest absolute Gasteiger partial charge is 0.497 e. The number of nitrogens with zero attached hydrogens (tertiary/aromatic N) is 7. The van der Waals surface area contributed by atoms with Crippen LogP contribution in [0.3, 0.4) is 0 Å². The van der Waals surface area contributed by atoms with Crippen LogP contribution >= 0.6 is 11.8 Å². The first kappa shape index (κ1) is 28.9. The van der Waals surface area contributed by atoms with Crippen LogP contribution in [-0.4, -0.2) is 68.8 Å². The molecule has 0 N–H and O–H groups in total. The van der Waals surface area contributed by atoms with Gasteiger partial charge in [-0.3, -0.25) is 19.5 Å². The van der Waals surface area contributed by atoms with Gasteiger partial charge in [0.25, 0.3) is 11.6 Å². The molecule has 0 atom stereocenters. The van der Waals surface area contributed by atoms with E-state index in [4.69, 9.17) is 9.15 Å². The quantitative estimate of drug-likeness (QED) is 0.120. The van der Waals surface area contributed by atoms with Gasteiger partial charge in [-0.25, -0.2) is 4.98 Å². The highest BCUT2D eigenvalue weighted by atomic mass is 32.2. The van der Waals surface area contributed by atoms with Gasteiger partial charge in [0.05, 0.1) is 17.8 Å². The van der Waals surface area contributed by atoms with E-state index in [2.05, 4.69) is 32.2 Å². The van der Waals surface area contributed by atoms with Gasteiger partial charge in [-0.1, -0.05) is 42.1 Å². The molecule has 2 aromatic heterocycles. The van der Waals surface area contributed by atoms with Crippen LogP contribution in [0.15, 0.2) is 94.7 Å². The van der Waals surface area contributed by atoms with Crippen molar-refractivity contribution < 1.29 is 18.9 Å². The van der Waals surface area contributed by atoms with Crippen LogP contribution < -0.4 is 9.64 Å². The van der Waals surface area contributed by atoms with Gasteiger partial charge in [0.15, 0.2) is 10.9 Å². The number of rotatable bonds is 10. The van der Waals surface area contributed by atoms with Gasteiger partial charge in [-0.2, -0.15) is 0 Å². The SMILES string of the molecule is COc1ccc(-n2c(Cc3ccccc3)nnc2SCc2nc(C(=O)N3CCN(c4ccc([N+](=O)[O-])cc4)CC3)co2)cc1. The number of anilines is 1. The molecule has 3 heterocycles. The molecule has 1 amide bonds. The Balaban J connectivity index is 1.11. The Hall–Kier alpha value is -5.17. The summed E-state index contributed by atoms with van der Waals surface area (Å²) < 4.78 is 13.0. The number of amides is 1. The number of benzene rings is 3. The van der Waals surface area contributed by atoms with E-state index in [1.807, 2.05) is 47.0 Å². The molecule has 224 valence electrons. The lowest BCUT2D eigenvalue weighted by molar-refractivity contribution is -0.384. The predicted octanol–water partition coefficient (Wildman–Crippen LogP) is 5.02. The fourth-order valence-corrected chi connectivity index (χ4v) is 5.82. The average Bonchev–Trinajstić information content (AvgIpc) is 3.71. The summed E-state index contributed by atoms with van der Waals surface area (Å²) >= 11 is 1.43. The van der Waals surface area contributed by atoms with Crippen LogP contribution in [0, 0.1) is 10.1 Å². The molecular formula is C31H29N7O5S. The second kappa shape index (κ2) is 13.0. The van der Waals surface area contributed by atoms with Crippen LogP contribution in [0.5, 0.6) is 5.75 Å². The highest BCUT2D eigenvalue weighted by molar-refractivity contribution is 7.98. The van der Waals surface area contributed by atoms with E-state index < -0.39 is 4.92 Å². The van der Waals surface area contributed by atoms with Gasteiger partial charge in [0.1, 0.15) is 17.8 Å². The molecule has 6 rings (SSSR count). The molecule has 1 aliphatic heterocycles. The molecular weight excluding hydrogens is 582 g/mol. The fraction of sp³-hybridized carbons (Fsp3) is 0.226. The Bertz CT molecular complexity index is 1730. The summed E-state index contributed by atoms with van der Waals surface area (Å²) in [7, 11) is 1.63. The Morgan fingerprint density at radius 1 is 0.955 bits per heavy atom. The summed E-state index contributed by atoms with van der Waals surface area (Å²) in [5, 5.41) is 20.6. The Morgan fingerprint density at radius 2 is 1.66 bits per heavy atom. The first-order valence-electron chi connectivity index (χ1n) is 14.0. The molecule has 1 fully saturated rings. The number of carbonyl (C=O) groups is 1. The number of thioether (sulfide) groups is 1. The average molecular weight is 612 g/mol. The minimum Gasteiger partial charge on any atom is -0.497 e. The number of methoxy groups -OCH3 is 1. The zero-order valence-corrected chi connectivity index (χ0v) is 24.7. The molecule has 1 aliphatic rings. The van der Waals surface area contributed by atoms with Gasteiger partial charge in [0, 0.05) is 56.1 Å². The fourth-order valence-electron chi connectivity index (χ4n) is 4.99. The monoisotopic (exact) mass is 611 g/mol. The second-order valence-electron chi connectivity index (χ2n) is 10.1. The maximum Gasteiger partial charge on any atom is 0.275 e. The smallest absolute Gasteiger partial charge is 0.275 e. The molecule has 3 aromatic carbocycles. The number of ether oxygens (including phenoxy) is 1. The number of nitro benzene ring substituents is 1. The van der Waals surface area contributed by atoms with E-state index in [-0.39, 0.29) is 17.3 Å². The number of piperazine rings is 1. The van der Waals surface area contributed by atoms with Crippen molar-refractivity contribution in [3.63, 3.8) is 0 Å². The highest BCUT2D eigenvalue weighted by Crippen LogP contribution is 2.28. The van der Waals surface area contributed by atoms with Crippen LogP contribution in [0.2, 0.25) is 0 Å². The summed E-state index contributed by atoms with van der Waals surface area (Å²) in [5.41, 5.74) is 3.22. The molecule has 13 heteroatoms. The summed E-state index contributed by atoms with van der Waals surface area (Å²) in [5.74, 6) is 2.13. The molecule has 12 nitrogen and oxygen atoms in total. The normalized spacial score (nSPS) is 13.2. The number of carbonyl (C=O) groups excluding carboxylic acids is 1. The standard InChI is InChI=1S/C31H29N7O5S/c1-42-26-13-11-24(12-14-26)37-28(19-22-5-3-2-4-6-22)33-34-31(37)44-21-29-32-27(20-43-29)30(39)36-17-15-35(16-18-36)23-7-9-25(10-8-23)38(40)41/h2-14,20H,15-19,21H2,1H3. The number of oxazole rings is 1. The Labute approximate surface area is 257 Å². The molecule has 44 heavy (non-hydrogen) atoms. The van der Waals surface area contributed by atoms with Crippen LogP contribution in [0.4, 0.5) is 11.4 Å². The van der Waals surface area contributed by atoms with Crippen molar-refractivity contribution >= 4 is 29.0 Å². The molecule has 5 aromatic rings. The van der Waals surface area contributed by atoms with Crippen molar-refractivity contribution in [3.05, 3.63) is 118 Å². The third-order valence-electron chi connectivity index (χ3n) is 7.32. The van der Waals surface area contributed by atoms with Crippen molar-refractivity contribution in [2.75, 3.05) is 38.2 Å². The van der Waals surface area contributed by atoms with Crippen LogP contribution in [0.25, 0.3) is 5.69 Å². The molecule has 0 unspecified atom stereocenters. The Morgan fingerprint density at radius 3 is 2.34 bits per heavy atom. The van der Waals surface area contributed by atoms with Crippen molar-refractivity contribution in [2.24, 2.45) is 0 Å². The summed E-state index contributed by atoms with van der Waals surface area (Å²) in [6.45, 7) is 2.22. The van der Waals surface area contributed by atoms with E-state index >= 15 is 0 Å². The molecule has 0 saturated carbocycles. The summed E-state index contributed by atoms with van der Waals surface area (Å²) in [6, 6.07) is 24.3. The van der Waals surface area contributed by atoms with Crippen LogP contribution in [-0.2, 0) is 12.2 Å². The number of hydrogen-bond donors (Lipinski definition) is 0. The molecule has 1 saturated heterocycles. The summed E-state index contributed by atoms with van der Waals surface area (Å²) in [6.07, 6.45) is 2.01. The summed E-state index contributed by atoms with van der Waals surface area (Å²) in [4.78, 5) is 32.0. The van der Waals surface area contributed by atoms with Gasteiger partial charge >= 0.3 is 0 Å². The third-order valence-corrected chi connectivity index (χ3v) is 8.24. The number of non-ortho nitro benzene ring substituents is 1. The first-order chi connectivity index (χ1) is 21.5. The highest BCUT2D eigenvalue weighted by Gasteiger charge is 2.25. The van der Waals surface area contributed by atoms with Gasteiger partial charge in [-0.05, 0) is 42.0 Å². The minimum absolute atomic E-state index is 0.0520. The van der Waals surface area contributed by atoms with E-state index in [0.717, 1.165) is 28.5 Å². The van der Waals surface area contributed by atoms with Crippen molar-refractivity contribution in [1.82, 2.24) is 24.6 Å². The van der Waals surface area contributed by atoms with E-state index in [0.29, 0.717) is 49.4 Å². The second-order valence-corrected chi connectivity index (χ2v) is 11.0. The topological polar surface area (TPSA) is 133 Å². The molecule has 0 radical (unpaired) electrons. The van der Waals surface area contributed by atoms with Crippen molar-refractivity contribution in [2.45, 2.75) is 17.3 Å². The van der Waals surface area contributed by atoms with E-state index in [1.54, 1.807) is 24.1 Å². The Kier molecular flexibility index (Phi) is 8.55. The van der Waals surface area contributed by atoms with Crippen molar-refractivity contribution in [1.29, 1.82) is 0 Å². The van der Waals surface area contributed by atoms with Crippen molar-refractivity contribution in [3.8, 4) is 11.4 Å². The van der Waals surface area contributed by atoms with Gasteiger partial charge in [-0.15, -0.1) is 10.2 Å². The lowest BCUT2D eigenvalue weighted by Crippen LogP contribution is -2.48. The van der Waals surface area contributed by atoms with Gasteiger partial charge in [0.2, 0.25) is 5.89 Å². The molecule has 0 aliphatic carbocycles. The molecule has 0 spiro atoms. The number of aromatic nitrogens is 4. The zero-order chi connectivity index (χ0) is 30.5. The number of hydrogen-bond acceptors (Lipinski definition) is 10. The van der Waals surface area contributed by atoms with Gasteiger partial charge < -0.3 is 19.0 Å². The predicted molar refractivity (Wildman–Crippen MR) is 164 cm³/mol. The molecule has 0 bridgehead atoms. The lowest BCUT2D eigenvalue weighted by Gasteiger charge is -2.35. The minimum atomic E-state index is -0.416. The van der Waals surface area contributed by atoms with Crippen LogP contribution in [0.1, 0.15) is 27.8 Å².